The number of alkyl halides is 33. The van der Waals surface area contributed by atoms with Crippen LogP contribution >= 0.6 is 0 Å². The minimum atomic E-state index is -5.24. The molecule has 106 heavy (non-hydrogen) atoms. The van der Waals surface area contributed by atoms with Crippen LogP contribution in [0.1, 0.15) is 334 Å². The van der Waals surface area contributed by atoms with Crippen molar-refractivity contribution in [2.45, 2.75) is 399 Å². The summed E-state index contributed by atoms with van der Waals surface area (Å²) in [5.74, 6) is -6.46. The van der Waals surface area contributed by atoms with E-state index in [0.29, 0.717) is 18.3 Å². The highest BCUT2D eigenvalue weighted by Gasteiger charge is 2.64. The molecule has 0 aliphatic heterocycles. The molecule has 0 rings (SSSR count). The lowest BCUT2D eigenvalue weighted by Crippen LogP contribution is -2.44. The summed E-state index contributed by atoms with van der Waals surface area (Å²) >= 11 is 0. The van der Waals surface area contributed by atoms with Crippen LogP contribution in [0.15, 0.2) is 0 Å². The molecule has 0 bridgehead atoms. The summed E-state index contributed by atoms with van der Waals surface area (Å²) < 4.78 is 395. The van der Waals surface area contributed by atoms with Gasteiger partial charge in [-0.3, -0.25) is 0 Å². The van der Waals surface area contributed by atoms with Crippen LogP contribution in [0.4, 0.5) is 145 Å². The molecule has 0 aromatic rings. The van der Waals surface area contributed by atoms with Crippen LogP contribution in [0.2, 0.25) is 0 Å². The zero-order chi connectivity index (χ0) is 91.9. The summed E-state index contributed by atoms with van der Waals surface area (Å²) in [5.41, 5.74) is -4.65. The summed E-state index contributed by atoms with van der Waals surface area (Å²) in [4.78, 5) is 0. The normalized spacial score (nSPS) is 13.8. The van der Waals surface area contributed by atoms with Crippen molar-refractivity contribution in [3.8, 4) is 0 Å². The molecule has 0 aliphatic rings. The maximum atomic E-state index is 11.7. The van der Waals surface area contributed by atoms with Crippen molar-refractivity contribution in [1.82, 2.24) is 0 Å². The molecular weight excluding hydrogens is 1500 g/mol. The van der Waals surface area contributed by atoms with Gasteiger partial charge in [0.15, 0.2) is 11.3 Å². The first-order valence-corrected chi connectivity index (χ1v) is 35.2. The Balaban J connectivity index is -0.0000000742. The lowest BCUT2D eigenvalue weighted by Gasteiger charge is -2.29. The second-order valence-electron chi connectivity index (χ2n) is 29.8. The second-order valence-corrected chi connectivity index (χ2v) is 29.8. The minimum absolute atomic E-state index is 0.104. The molecule has 0 N–H and O–H groups in total. The Bertz CT molecular complexity index is 1810. The lowest BCUT2D eigenvalue weighted by atomic mass is 9.92. The summed E-state index contributed by atoms with van der Waals surface area (Å²) in [6.07, 6.45) is -44.3. The van der Waals surface area contributed by atoms with Gasteiger partial charge < -0.3 is 0 Å². The fraction of sp³-hybridized carbons (Fsp3) is 1.00. The Labute approximate surface area is 620 Å². The molecule has 0 aliphatic carbocycles. The van der Waals surface area contributed by atoms with Crippen LogP contribution in [-0.4, -0.2) is 67.9 Å². The van der Waals surface area contributed by atoms with E-state index in [1.807, 2.05) is 48.5 Å². The highest BCUT2D eigenvalue weighted by molar-refractivity contribution is 4.84. The molecule has 0 saturated carbocycles. The highest BCUT2D eigenvalue weighted by atomic mass is 19.5. The molecule has 0 radical (unpaired) electrons. The summed E-state index contributed by atoms with van der Waals surface area (Å²) in [6, 6.07) is 0. The van der Waals surface area contributed by atoms with E-state index >= 15 is 0 Å². The average Bonchev–Trinajstić information content (AvgIpc) is 0.793. The zero-order valence-electron chi connectivity index (χ0n) is 71.4. The van der Waals surface area contributed by atoms with Crippen molar-refractivity contribution in [3.05, 3.63) is 0 Å². The quantitative estimate of drug-likeness (QED) is 0.120. The smallest absolute Gasteiger partial charge is 0.171 e. The lowest BCUT2D eigenvalue weighted by molar-refractivity contribution is -0.327. The first-order valence-electron chi connectivity index (χ1n) is 36.2. The van der Waals surface area contributed by atoms with E-state index in [9.17, 15) is 145 Å². The Morgan fingerprint density at radius 1 is 0.274 bits per heavy atom. The molecular formula is C73H141F33. The van der Waals surface area contributed by atoms with Gasteiger partial charge in [0.2, 0.25) is 0 Å². The van der Waals surface area contributed by atoms with Gasteiger partial charge in [0.25, 0.3) is 0 Å². The Kier molecular flexibility index (Phi) is 79.9. The number of unbranched alkanes of at least 4 members (excludes halogenated alkanes) is 4. The maximum absolute atomic E-state index is 11.7. The highest BCUT2D eigenvalue weighted by Crippen LogP contribution is 2.49. The van der Waals surface area contributed by atoms with Gasteiger partial charge >= 0.3 is 67.9 Å². The zero-order valence-corrected chi connectivity index (χ0v) is 69.4. The predicted octanol–water partition coefficient (Wildman–Crippen LogP) is 36.0. The van der Waals surface area contributed by atoms with Gasteiger partial charge in [0, 0.05) is 21.5 Å². The summed E-state index contributed by atoms with van der Waals surface area (Å²) in [5, 5.41) is 0. The van der Waals surface area contributed by atoms with E-state index in [0.717, 1.165) is 65.7 Å². The monoisotopic (exact) mass is 1650 g/mol. The largest absolute Gasteiger partial charge is 0.402 e. The Morgan fingerprint density at radius 3 is 0.575 bits per heavy atom. The van der Waals surface area contributed by atoms with Crippen LogP contribution in [0, 0.1) is 75.4 Å². The topological polar surface area (TPSA) is 0 Å². The van der Waals surface area contributed by atoms with Crippen molar-refractivity contribution in [1.29, 1.82) is 0 Å². The van der Waals surface area contributed by atoms with Crippen molar-refractivity contribution in [2.24, 2.45) is 75.4 Å². The van der Waals surface area contributed by atoms with Gasteiger partial charge in [-0.05, 0) is 80.9 Å². The SMILES string of the molecule is CC(C)(C(F)(F)F)C(F)(F)F.CC(C)(C)C(F)(F)F.CC(C)C(C)C.CC(C)C(F)(F)F.CC(CCC(F)(F)F)C(F)(F)F.CCC(C)(C)C.CCC(C)C.CCC(C)C(F)(F)F.CCCC(C(F)(F)F)C(F)(F)F.CCCC(C)C(F)(F)F.CCCCC.CCCCCC(F)(F)F.[2H]C(C)(C)C.[2H]C(C)(C)C. The molecule has 0 heterocycles. The van der Waals surface area contributed by atoms with Crippen molar-refractivity contribution in [3.63, 3.8) is 0 Å². The third kappa shape index (κ3) is 123. The van der Waals surface area contributed by atoms with Gasteiger partial charge in [0.05, 0.1) is 23.2 Å². The molecule has 0 amide bonds. The van der Waals surface area contributed by atoms with E-state index in [1.54, 1.807) is 6.92 Å². The third-order valence-corrected chi connectivity index (χ3v) is 13.1. The van der Waals surface area contributed by atoms with E-state index in [-0.39, 0.29) is 51.3 Å². The molecule has 3 unspecified atom stereocenters. The molecule has 3 atom stereocenters. The van der Waals surface area contributed by atoms with Crippen LogP contribution in [0.25, 0.3) is 0 Å². The van der Waals surface area contributed by atoms with Gasteiger partial charge in [0.1, 0.15) is 0 Å². The number of rotatable bonds is 14. The van der Waals surface area contributed by atoms with Gasteiger partial charge in [-0.25, -0.2) is 0 Å². The van der Waals surface area contributed by atoms with E-state index in [2.05, 4.69) is 90.0 Å². The van der Waals surface area contributed by atoms with Gasteiger partial charge in [-0.1, -0.05) is 272 Å². The molecule has 33 heteroatoms. The third-order valence-electron chi connectivity index (χ3n) is 13.1. The Morgan fingerprint density at radius 2 is 0.500 bits per heavy atom. The van der Waals surface area contributed by atoms with Gasteiger partial charge in [-0.15, -0.1) is 0 Å². The van der Waals surface area contributed by atoms with E-state index < -0.39 is 134 Å². The molecule has 0 saturated heterocycles. The number of halogens is 33. The standard InChI is InChI=1S/2C6H8F6.2C6H11F3.2C6H14.C5H6F6.2C5H9F3.2C5H12.C4H7F3.2C4H10/c1-4(6(10,11)12)2-3-5(7,8)9;1-2-3-4(5(7,8)9)6(10,11)12;1-3-4-5(2)6(7,8)9;1-2-3-4-5-6(7,8)9;1-5-6(2,3)4;1-5(2)6(3)4;1-3(2,4(6,7)8)5(9,10)11;1-4(2,3)5(6,7)8;1-3-4(2)5(6,7)8;1-4-5(2)3;1-3-5-4-2;1-3(2)4(5,6)7;2*1-4(2)3/h2*4H,2-3H2,1H3;5H,3-4H2,1-2H3;2-5H2,1H3;5H2,1-4H3;5-6H,1-4H3;1-2H3;1-3H3;4H,3H2,1-2H3;5H,4H2,1-3H3;3-5H2,1-2H3;3H,1-2H3;2*4H,1-3H3/i;;;;;;;;;;;;2*4D. The molecule has 0 nitrogen and oxygen atoms in total. The minimum Gasteiger partial charge on any atom is -0.171 e. The molecule has 0 spiro atoms. The van der Waals surface area contributed by atoms with Crippen LogP contribution in [0.5, 0.6) is 0 Å². The molecule has 0 aromatic carbocycles. The fourth-order valence-corrected chi connectivity index (χ4v) is 3.26. The van der Waals surface area contributed by atoms with Gasteiger partial charge in [-0.2, -0.15) is 145 Å². The second kappa shape index (κ2) is 65.1. The average molecular weight is 1650 g/mol. The van der Waals surface area contributed by atoms with Crippen LogP contribution in [0.3, 0.4) is 0 Å². The van der Waals surface area contributed by atoms with Crippen molar-refractivity contribution in [2.75, 3.05) is 0 Å². The fourth-order valence-electron chi connectivity index (χ4n) is 3.26. The first-order chi connectivity index (χ1) is 46.4. The van der Waals surface area contributed by atoms with Crippen LogP contribution in [-0.2, 0) is 0 Å². The number of hydrogen-bond donors (Lipinski definition) is 0. The Hall–Kier alpha value is -2.31. The predicted molar refractivity (Wildman–Crippen MR) is 370 cm³/mol. The number of hydrogen-bond acceptors (Lipinski definition) is 0. The summed E-state index contributed by atoms with van der Waals surface area (Å²) in [6.45, 7) is 55.6. The first kappa shape index (κ1) is 130. The van der Waals surface area contributed by atoms with E-state index in [1.165, 1.54) is 59.8 Å². The summed E-state index contributed by atoms with van der Waals surface area (Å²) in [7, 11) is 0. The molecule has 664 valence electrons. The maximum Gasteiger partial charge on any atom is 0.402 e. The molecule has 0 fully saturated rings. The molecule has 0 aromatic heterocycles. The van der Waals surface area contributed by atoms with Crippen LogP contribution < -0.4 is 0 Å². The van der Waals surface area contributed by atoms with Crippen molar-refractivity contribution < 1.29 is 148 Å². The van der Waals surface area contributed by atoms with E-state index in [4.69, 9.17) is 2.74 Å². The van der Waals surface area contributed by atoms with Crippen molar-refractivity contribution >= 4 is 0 Å².